The van der Waals surface area contributed by atoms with Crippen molar-refractivity contribution < 1.29 is 4.42 Å². The molecule has 1 unspecified atom stereocenters. The molecule has 16 heavy (non-hydrogen) atoms. The van der Waals surface area contributed by atoms with Gasteiger partial charge < -0.3 is 15.1 Å². The minimum Gasteiger partial charge on any atom is -0.408 e. The summed E-state index contributed by atoms with van der Waals surface area (Å²) >= 11 is 0. The monoisotopic (exact) mass is 226 g/mol. The van der Waals surface area contributed by atoms with Gasteiger partial charge in [0.15, 0.2) is 0 Å². The topological polar surface area (TPSA) is 68.2 Å². The van der Waals surface area contributed by atoms with Crippen molar-refractivity contribution in [1.82, 2.24) is 10.2 Å². The van der Waals surface area contributed by atoms with Crippen molar-refractivity contribution in [2.75, 3.05) is 18.5 Å². The van der Waals surface area contributed by atoms with Crippen molar-refractivity contribution >= 4 is 6.01 Å². The summed E-state index contributed by atoms with van der Waals surface area (Å²) in [4.78, 5) is 2.01. The van der Waals surface area contributed by atoms with Crippen molar-refractivity contribution in [3.8, 4) is 0 Å². The Morgan fingerprint density at radius 2 is 2.00 bits per heavy atom. The number of anilines is 1. The average Bonchev–Trinajstić information content (AvgIpc) is 2.63. The van der Waals surface area contributed by atoms with E-state index in [0.29, 0.717) is 30.9 Å². The molecule has 1 heterocycles. The van der Waals surface area contributed by atoms with Gasteiger partial charge in [0.2, 0.25) is 5.89 Å². The summed E-state index contributed by atoms with van der Waals surface area (Å²) in [6, 6.07) is 0.879. The van der Waals surface area contributed by atoms with Crippen LogP contribution in [-0.4, -0.2) is 29.8 Å². The van der Waals surface area contributed by atoms with Crippen LogP contribution in [0.4, 0.5) is 6.01 Å². The summed E-state index contributed by atoms with van der Waals surface area (Å²) in [6.45, 7) is 9.23. The van der Waals surface area contributed by atoms with E-state index < -0.39 is 0 Å². The lowest BCUT2D eigenvalue weighted by Gasteiger charge is -2.34. The van der Waals surface area contributed by atoms with E-state index in [9.17, 15) is 0 Å². The maximum atomic E-state index is 5.53. The van der Waals surface area contributed by atoms with Crippen molar-refractivity contribution in [2.24, 2.45) is 11.1 Å². The molecule has 0 spiro atoms. The number of rotatable bonds is 4. The van der Waals surface area contributed by atoms with Crippen LogP contribution in [0.15, 0.2) is 4.42 Å². The number of nitrogens with zero attached hydrogens (tertiary/aromatic N) is 3. The molecule has 0 bridgehead atoms. The molecule has 0 saturated heterocycles. The van der Waals surface area contributed by atoms with E-state index in [2.05, 4.69) is 37.9 Å². The SMILES string of the molecule is CC(N(C)c1nnc(CCN)o1)C(C)(C)C. The third-order valence-corrected chi connectivity index (χ3v) is 2.95. The van der Waals surface area contributed by atoms with Crippen LogP contribution in [-0.2, 0) is 6.42 Å². The molecule has 0 amide bonds. The third kappa shape index (κ3) is 2.95. The molecule has 0 radical (unpaired) electrons. The van der Waals surface area contributed by atoms with Crippen molar-refractivity contribution in [3.05, 3.63) is 5.89 Å². The van der Waals surface area contributed by atoms with Gasteiger partial charge in [-0.15, -0.1) is 5.10 Å². The second kappa shape index (κ2) is 4.82. The van der Waals surface area contributed by atoms with Crippen LogP contribution < -0.4 is 10.6 Å². The summed E-state index contributed by atoms with van der Waals surface area (Å²) in [5.41, 5.74) is 5.60. The van der Waals surface area contributed by atoms with Crippen LogP contribution in [0.25, 0.3) is 0 Å². The second-order valence-corrected chi connectivity index (χ2v) is 5.17. The van der Waals surface area contributed by atoms with Gasteiger partial charge in [0.05, 0.1) is 0 Å². The van der Waals surface area contributed by atoms with Crippen LogP contribution in [0.1, 0.15) is 33.6 Å². The highest BCUT2D eigenvalue weighted by molar-refractivity contribution is 5.25. The number of aromatic nitrogens is 2. The number of nitrogens with two attached hydrogens (primary N) is 1. The molecule has 1 rings (SSSR count). The van der Waals surface area contributed by atoms with Crippen molar-refractivity contribution in [1.29, 1.82) is 0 Å². The zero-order chi connectivity index (χ0) is 12.3. The summed E-state index contributed by atoms with van der Waals surface area (Å²) < 4.78 is 5.53. The molecule has 2 N–H and O–H groups in total. The zero-order valence-electron chi connectivity index (χ0n) is 10.8. The Hall–Kier alpha value is -1.10. The minimum absolute atomic E-state index is 0.164. The molecule has 0 fully saturated rings. The highest BCUT2D eigenvalue weighted by atomic mass is 16.4. The minimum atomic E-state index is 0.164. The maximum absolute atomic E-state index is 5.53. The van der Waals surface area contributed by atoms with Gasteiger partial charge in [-0.3, -0.25) is 0 Å². The molecule has 0 aliphatic rings. The molecule has 0 aliphatic carbocycles. The van der Waals surface area contributed by atoms with Gasteiger partial charge in [0, 0.05) is 26.1 Å². The highest BCUT2D eigenvalue weighted by Crippen LogP contribution is 2.26. The third-order valence-electron chi connectivity index (χ3n) is 2.95. The van der Waals surface area contributed by atoms with E-state index in [0.717, 1.165) is 0 Å². The Labute approximate surface area is 97.0 Å². The van der Waals surface area contributed by atoms with E-state index in [4.69, 9.17) is 10.2 Å². The first-order valence-electron chi connectivity index (χ1n) is 5.61. The van der Waals surface area contributed by atoms with Gasteiger partial charge in [-0.25, -0.2) is 0 Å². The highest BCUT2D eigenvalue weighted by Gasteiger charge is 2.26. The maximum Gasteiger partial charge on any atom is 0.318 e. The van der Waals surface area contributed by atoms with Gasteiger partial charge in [-0.1, -0.05) is 25.9 Å². The molecular weight excluding hydrogens is 204 g/mol. The first-order chi connectivity index (χ1) is 7.36. The summed E-state index contributed by atoms with van der Waals surface area (Å²) in [5, 5.41) is 7.98. The van der Waals surface area contributed by atoms with Crippen LogP contribution >= 0.6 is 0 Å². The van der Waals surface area contributed by atoms with Crippen molar-refractivity contribution in [2.45, 2.75) is 40.2 Å². The van der Waals surface area contributed by atoms with Crippen molar-refractivity contribution in [3.63, 3.8) is 0 Å². The Bertz CT molecular complexity index is 329. The van der Waals surface area contributed by atoms with E-state index in [1.165, 1.54) is 0 Å². The van der Waals surface area contributed by atoms with Crippen LogP contribution in [0.3, 0.4) is 0 Å². The van der Waals surface area contributed by atoms with E-state index in [1.54, 1.807) is 0 Å². The molecule has 5 nitrogen and oxygen atoms in total. The van der Waals surface area contributed by atoms with E-state index in [-0.39, 0.29) is 5.41 Å². The Morgan fingerprint density at radius 1 is 1.38 bits per heavy atom. The van der Waals surface area contributed by atoms with E-state index >= 15 is 0 Å². The molecule has 0 aliphatic heterocycles. The molecular formula is C11H22N4O. The standard InChI is InChI=1S/C11H22N4O/c1-8(11(2,3)4)15(5)10-14-13-9(16-10)6-7-12/h8H,6-7,12H2,1-5H3. The predicted octanol–water partition coefficient (Wildman–Crippen LogP) is 1.44. The van der Waals surface area contributed by atoms with Gasteiger partial charge in [0.25, 0.3) is 0 Å². The first kappa shape index (κ1) is 13.0. The van der Waals surface area contributed by atoms with Gasteiger partial charge in [-0.2, -0.15) is 0 Å². The largest absolute Gasteiger partial charge is 0.408 e. The first-order valence-corrected chi connectivity index (χ1v) is 5.61. The lowest BCUT2D eigenvalue weighted by Crippen LogP contribution is -2.39. The van der Waals surface area contributed by atoms with Crippen LogP contribution in [0.5, 0.6) is 0 Å². The number of hydrogen-bond donors (Lipinski definition) is 1. The lowest BCUT2D eigenvalue weighted by molar-refractivity contribution is 0.316. The average molecular weight is 226 g/mol. The number of hydrogen-bond acceptors (Lipinski definition) is 5. The normalized spacial score (nSPS) is 13.9. The Balaban J connectivity index is 2.76. The van der Waals surface area contributed by atoms with Gasteiger partial charge in [-0.05, 0) is 12.3 Å². The van der Waals surface area contributed by atoms with Crippen LogP contribution in [0.2, 0.25) is 0 Å². The fourth-order valence-electron chi connectivity index (χ4n) is 1.36. The lowest BCUT2D eigenvalue weighted by atomic mass is 9.87. The molecule has 92 valence electrons. The zero-order valence-corrected chi connectivity index (χ0v) is 10.8. The van der Waals surface area contributed by atoms with Crippen LogP contribution in [0, 0.1) is 5.41 Å². The molecule has 0 saturated carbocycles. The fraction of sp³-hybridized carbons (Fsp3) is 0.818. The fourth-order valence-corrected chi connectivity index (χ4v) is 1.36. The predicted molar refractivity (Wildman–Crippen MR) is 64.4 cm³/mol. The quantitative estimate of drug-likeness (QED) is 0.841. The Kier molecular flexibility index (Phi) is 3.91. The summed E-state index contributed by atoms with van der Waals surface area (Å²) in [6.07, 6.45) is 0.630. The Morgan fingerprint density at radius 3 is 2.50 bits per heavy atom. The summed E-state index contributed by atoms with van der Waals surface area (Å²) in [5.74, 6) is 0.602. The molecule has 1 aromatic rings. The second-order valence-electron chi connectivity index (χ2n) is 5.17. The van der Waals surface area contributed by atoms with Gasteiger partial charge >= 0.3 is 6.01 Å². The van der Waals surface area contributed by atoms with Gasteiger partial charge in [0.1, 0.15) is 0 Å². The molecule has 1 atom stereocenters. The summed E-state index contributed by atoms with van der Waals surface area (Å²) in [7, 11) is 1.97. The smallest absolute Gasteiger partial charge is 0.318 e. The molecule has 1 aromatic heterocycles. The van der Waals surface area contributed by atoms with E-state index in [1.807, 2.05) is 11.9 Å². The molecule has 5 heteroatoms. The molecule has 0 aromatic carbocycles.